The Morgan fingerprint density at radius 3 is 2.65 bits per heavy atom. The van der Waals surface area contributed by atoms with E-state index < -0.39 is 0 Å². The van der Waals surface area contributed by atoms with Crippen LogP contribution in [0.5, 0.6) is 0 Å². The number of morpholine rings is 1. The summed E-state index contributed by atoms with van der Waals surface area (Å²) >= 11 is 12.4. The van der Waals surface area contributed by atoms with Crippen LogP contribution in [0.4, 0.5) is 0 Å². The van der Waals surface area contributed by atoms with Gasteiger partial charge in [-0.1, -0.05) is 35.3 Å². The van der Waals surface area contributed by atoms with Crippen LogP contribution in [0, 0.1) is 0 Å². The summed E-state index contributed by atoms with van der Waals surface area (Å²) in [6, 6.07) is 13.0. The Morgan fingerprint density at radius 2 is 1.88 bits per heavy atom. The minimum absolute atomic E-state index is 0.0442. The maximum Gasteiger partial charge on any atom is 0.242 e. The van der Waals surface area contributed by atoms with Gasteiger partial charge in [0.05, 0.1) is 29.3 Å². The predicted molar refractivity (Wildman–Crippen MR) is 103 cm³/mol. The van der Waals surface area contributed by atoms with Crippen molar-refractivity contribution in [2.75, 3.05) is 26.3 Å². The topological polar surface area (TPSA) is 47.4 Å². The molecule has 1 amide bonds. The Morgan fingerprint density at radius 1 is 1.12 bits per heavy atom. The lowest BCUT2D eigenvalue weighted by atomic mass is 10.2. The fourth-order valence-corrected chi connectivity index (χ4v) is 3.65. The monoisotopic (exact) mass is 389 g/mol. The van der Waals surface area contributed by atoms with Crippen LogP contribution in [-0.4, -0.2) is 46.7 Å². The first-order valence-corrected chi connectivity index (χ1v) is 9.15. The van der Waals surface area contributed by atoms with Crippen LogP contribution in [0.25, 0.3) is 22.4 Å². The quantitative estimate of drug-likeness (QED) is 0.682. The Balaban J connectivity index is 1.78. The summed E-state index contributed by atoms with van der Waals surface area (Å²) in [5.41, 5.74) is 2.47. The van der Waals surface area contributed by atoms with Crippen LogP contribution in [0.15, 0.2) is 42.5 Å². The third kappa shape index (κ3) is 3.30. The van der Waals surface area contributed by atoms with Crippen molar-refractivity contribution in [3.8, 4) is 11.4 Å². The molecule has 1 aliphatic rings. The number of ether oxygens (including phenoxy) is 1. The summed E-state index contributed by atoms with van der Waals surface area (Å²) in [5.74, 6) is 0.706. The van der Waals surface area contributed by atoms with E-state index >= 15 is 0 Å². The number of fused-ring (bicyclic) bond motifs is 1. The van der Waals surface area contributed by atoms with E-state index in [2.05, 4.69) is 0 Å². The summed E-state index contributed by atoms with van der Waals surface area (Å²) < 4.78 is 7.25. The van der Waals surface area contributed by atoms with Crippen molar-refractivity contribution >= 4 is 40.1 Å². The first-order chi connectivity index (χ1) is 12.6. The molecule has 0 N–H and O–H groups in total. The number of hydrogen-bond acceptors (Lipinski definition) is 3. The molecule has 5 nitrogen and oxygen atoms in total. The molecule has 1 saturated heterocycles. The molecule has 0 unspecified atom stereocenters. The molecule has 3 aromatic rings. The first-order valence-electron chi connectivity index (χ1n) is 8.40. The molecule has 0 bridgehead atoms. The van der Waals surface area contributed by atoms with Gasteiger partial charge in [0.1, 0.15) is 12.4 Å². The zero-order chi connectivity index (χ0) is 18.1. The number of hydrogen-bond donors (Lipinski definition) is 0. The van der Waals surface area contributed by atoms with Crippen LogP contribution in [0.1, 0.15) is 0 Å². The van der Waals surface area contributed by atoms with Gasteiger partial charge in [0.2, 0.25) is 5.91 Å². The van der Waals surface area contributed by atoms with Gasteiger partial charge in [0, 0.05) is 23.7 Å². The molecule has 26 heavy (non-hydrogen) atoms. The molecule has 0 radical (unpaired) electrons. The highest BCUT2D eigenvalue weighted by molar-refractivity contribution is 6.36. The van der Waals surface area contributed by atoms with Crippen LogP contribution in [0.3, 0.4) is 0 Å². The van der Waals surface area contributed by atoms with Gasteiger partial charge < -0.3 is 14.2 Å². The molecule has 0 saturated carbocycles. The minimum atomic E-state index is 0.0442. The van der Waals surface area contributed by atoms with E-state index in [1.807, 2.05) is 39.8 Å². The number of aromatic nitrogens is 2. The lowest BCUT2D eigenvalue weighted by molar-refractivity contribution is -0.135. The normalized spacial score (nSPS) is 14.8. The van der Waals surface area contributed by atoms with Crippen molar-refractivity contribution in [1.29, 1.82) is 0 Å². The van der Waals surface area contributed by atoms with E-state index in [0.29, 0.717) is 42.2 Å². The van der Waals surface area contributed by atoms with Crippen molar-refractivity contribution in [2.24, 2.45) is 0 Å². The van der Waals surface area contributed by atoms with Gasteiger partial charge in [-0.3, -0.25) is 4.79 Å². The second kappa shape index (κ2) is 7.27. The number of amides is 1. The van der Waals surface area contributed by atoms with E-state index in [1.165, 1.54) is 0 Å². The van der Waals surface area contributed by atoms with E-state index in [1.54, 1.807) is 12.1 Å². The van der Waals surface area contributed by atoms with Gasteiger partial charge in [-0.25, -0.2) is 4.98 Å². The number of nitrogens with zero attached hydrogens (tertiary/aromatic N) is 3. The van der Waals surface area contributed by atoms with Crippen molar-refractivity contribution in [3.05, 3.63) is 52.5 Å². The molecule has 0 aliphatic carbocycles. The van der Waals surface area contributed by atoms with Gasteiger partial charge in [0.25, 0.3) is 0 Å². The standard InChI is InChI=1S/C19H17Cl2N3O2/c20-13-5-6-14(15(21)11-13)19-22-16-3-1-2-4-17(16)24(19)12-18(25)23-7-9-26-10-8-23/h1-6,11H,7-10,12H2. The van der Waals surface area contributed by atoms with Gasteiger partial charge in [0.15, 0.2) is 0 Å². The summed E-state index contributed by atoms with van der Waals surface area (Å²) in [6.07, 6.45) is 0. The molecule has 4 rings (SSSR count). The molecule has 0 spiro atoms. The van der Waals surface area contributed by atoms with Crippen LogP contribution in [-0.2, 0) is 16.1 Å². The predicted octanol–water partition coefficient (Wildman–Crippen LogP) is 3.87. The average Bonchev–Trinajstić information content (AvgIpc) is 3.01. The maximum atomic E-state index is 12.8. The number of carbonyl (C=O) groups is 1. The van der Waals surface area contributed by atoms with Gasteiger partial charge in [-0.2, -0.15) is 0 Å². The number of carbonyl (C=O) groups excluding carboxylic acids is 1. The number of para-hydroxylation sites is 2. The third-order valence-electron chi connectivity index (χ3n) is 4.48. The third-order valence-corrected chi connectivity index (χ3v) is 5.03. The zero-order valence-corrected chi connectivity index (χ0v) is 15.5. The van der Waals surface area contributed by atoms with Crippen molar-refractivity contribution in [3.63, 3.8) is 0 Å². The average molecular weight is 390 g/mol. The Hall–Kier alpha value is -2.08. The largest absolute Gasteiger partial charge is 0.378 e. The van der Waals surface area contributed by atoms with Crippen LogP contribution in [0.2, 0.25) is 10.0 Å². The smallest absolute Gasteiger partial charge is 0.242 e. The van der Waals surface area contributed by atoms with Crippen molar-refractivity contribution in [2.45, 2.75) is 6.54 Å². The molecule has 0 atom stereocenters. The second-order valence-electron chi connectivity index (χ2n) is 6.13. The fourth-order valence-electron chi connectivity index (χ4n) is 3.16. The first kappa shape index (κ1) is 17.3. The highest BCUT2D eigenvalue weighted by atomic mass is 35.5. The molecule has 7 heteroatoms. The molecular formula is C19H17Cl2N3O2. The number of halogens is 2. The summed E-state index contributed by atoms with van der Waals surface area (Å²) in [7, 11) is 0. The van der Waals surface area contributed by atoms with Crippen molar-refractivity contribution < 1.29 is 9.53 Å². The summed E-state index contributed by atoms with van der Waals surface area (Å²) in [4.78, 5) is 19.3. The van der Waals surface area contributed by atoms with E-state index in [0.717, 1.165) is 16.6 Å². The SMILES string of the molecule is O=C(Cn1c(-c2ccc(Cl)cc2Cl)nc2ccccc21)N1CCOCC1. The number of imidazole rings is 1. The Bertz CT molecular complexity index is 965. The van der Waals surface area contributed by atoms with Gasteiger partial charge >= 0.3 is 0 Å². The van der Waals surface area contributed by atoms with Gasteiger partial charge in [-0.05, 0) is 30.3 Å². The minimum Gasteiger partial charge on any atom is -0.378 e. The fraction of sp³-hybridized carbons (Fsp3) is 0.263. The molecule has 1 aliphatic heterocycles. The number of rotatable bonds is 3. The van der Waals surface area contributed by atoms with Crippen LogP contribution < -0.4 is 0 Å². The number of benzene rings is 2. The van der Waals surface area contributed by atoms with E-state index in [9.17, 15) is 4.79 Å². The Kier molecular flexibility index (Phi) is 4.85. The molecule has 2 aromatic carbocycles. The second-order valence-corrected chi connectivity index (χ2v) is 6.97. The maximum absolute atomic E-state index is 12.8. The highest BCUT2D eigenvalue weighted by Crippen LogP contribution is 2.32. The van der Waals surface area contributed by atoms with E-state index in [4.69, 9.17) is 32.9 Å². The highest BCUT2D eigenvalue weighted by Gasteiger charge is 2.21. The molecule has 134 valence electrons. The molecule has 2 heterocycles. The molecular weight excluding hydrogens is 373 g/mol. The lowest BCUT2D eigenvalue weighted by Gasteiger charge is -2.27. The van der Waals surface area contributed by atoms with Crippen LogP contribution >= 0.6 is 23.2 Å². The molecule has 1 fully saturated rings. The summed E-state index contributed by atoms with van der Waals surface area (Å²) in [6.45, 7) is 2.58. The summed E-state index contributed by atoms with van der Waals surface area (Å²) in [5, 5.41) is 1.07. The molecule has 1 aromatic heterocycles. The van der Waals surface area contributed by atoms with Crippen molar-refractivity contribution in [1.82, 2.24) is 14.5 Å². The van der Waals surface area contributed by atoms with E-state index in [-0.39, 0.29) is 12.5 Å². The van der Waals surface area contributed by atoms with Gasteiger partial charge in [-0.15, -0.1) is 0 Å². The lowest BCUT2D eigenvalue weighted by Crippen LogP contribution is -2.42. The Labute approximate surface area is 161 Å². The zero-order valence-electron chi connectivity index (χ0n) is 14.0.